The Morgan fingerprint density at radius 3 is 3.10 bits per heavy atom. The highest BCUT2D eigenvalue weighted by molar-refractivity contribution is 5.93. The van der Waals surface area contributed by atoms with Gasteiger partial charge in [-0.3, -0.25) is 4.79 Å². The second-order valence-electron chi connectivity index (χ2n) is 5.85. The molecule has 2 atom stereocenters. The Morgan fingerprint density at radius 2 is 2.45 bits per heavy atom. The molecule has 2 aliphatic heterocycles. The summed E-state index contributed by atoms with van der Waals surface area (Å²) in [4.78, 5) is 18.0. The van der Waals surface area contributed by atoms with Gasteiger partial charge in [-0.1, -0.05) is 0 Å². The van der Waals surface area contributed by atoms with Gasteiger partial charge in [0, 0.05) is 43.3 Å². The van der Waals surface area contributed by atoms with Crippen LogP contribution in [0.5, 0.6) is 0 Å². The summed E-state index contributed by atoms with van der Waals surface area (Å²) in [5, 5.41) is 0. The molecule has 3 rings (SSSR count). The number of Topliss-reactive ketones (excluding diaryl/α,β-unsaturated/α-hetero) is 1. The van der Waals surface area contributed by atoms with E-state index >= 15 is 0 Å². The Labute approximate surface area is 118 Å². The first kappa shape index (κ1) is 13.5. The number of rotatable bonds is 4. The average molecular weight is 276 g/mol. The summed E-state index contributed by atoms with van der Waals surface area (Å²) < 4.78 is 11.0. The minimum atomic E-state index is 0.0478. The number of ketones is 1. The summed E-state index contributed by atoms with van der Waals surface area (Å²) in [6.45, 7) is 5.67. The van der Waals surface area contributed by atoms with E-state index in [2.05, 4.69) is 9.88 Å². The molecule has 20 heavy (non-hydrogen) atoms. The van der Waals surface area contributed by atoms with E-state index in [-0.39, 0.29) is 11.2 Å². The summed E-state index contributed by atoms with van der Waals surface area (Å²) in [7, 11) is 1.74. The fourth-order valence-corrected chi connectivity index (χ4v) is 3.28. The maximum atomic E-state index is 11.3. The Bertz CT molecular complexity index is 502. The maximum absolute atomic E-state index is 11.3. The van der Waals surface area contributed by atoms with Crippen LogP contribution in [0.1, 0.15) is 17.3 Å². The number of nitrogens with zero attached hydrogens (tertiary/aromatic N) is 2. The van der Waals surface area contributed by atoms with Crippen LogP contribution in [0.4, 0.5) is 5.82 Å². The number of hydrogen-bond acceptors (Lipinski definition) is 5. The van der Waals surface area contributed by atoms with Gasteiger partial charge in [-0.15, -0.1) is 0 Å². The Balaban J connectivity index is 1.78. The maximum Gasteiger partial charge on any atom is 0.161 e. The van der Waals surface area contributed by atoms with Crippen molar-refractivity contribution < 1.29 is 14.3 Å². The Hall–Kier alpha value is -1.46. The molecule has 5 heteroatoms. The fourth-order valence-electron chi connectivity index (χ4n) is 3.28. The molecule has 0 spiro atoms. The third-order valence-electron chi connectivity index (χ3n) is 4.43. The number of pyridine rings is 1. The minimum absolute atomic E-state index is 0.0478. The van der Waals surface area contributed by atoms with E-state index in [0.717, 1.165) is 38.7 Å². The first-order chi connectivity index (χ1) is 9.64. The number of ether oxygens (including phenoxy) is 2. The molecule has 0 bridgehead atoms. The summed E-state index contributed by atoms with van der Waals surface area (Å²) in [6, 6.07) is 3.78. The van der Waals surface area contributed by atoms with Gasteiger partial charge < -0.3 is 14.4 Å². The number of fused-ring (bicyclic) bond motifs is 1. The first-order valence-corrected chi connectivity index (χ1v) is 6.93. The standard InChI is InChI=1S/C15H20N2O3/c1-11(18)12-3-4-14(16-5-12)17-6-13-7-20-10-15(13,8-17)9-19-2/h3-5,13H,6-10H2,1-2H3/t13-,15-/m0/s1. The van der Waals surface area contributed by atoms with E-state index in [4.69, 9.17) is 9.47 Å². The van der Waals surface area contributed by atoms with Gasteiger partial charge in [0.15, 0.2) is 5.78 Å². The lowest BCUT2D eigenvalue weighted by molar-refractivity contribution is 0.0660. The van der Waals surface area contributed by atoms with Crippen LogP contribution in [0, 0.1) is 11.3 Å². The van der Waals surface area contributed by atoms with Crippen molar-refractivity contribution in [1.29, 1.82) is 0 Å². The van der Waals surface area contributed by atoms with Crippen LogP contribution in [0.15, 0.2) is 18.3 Å². The Morgan fingerprint density at radius 1 is 1.60 bits per heavy atom. The molecule has 1 aromatic rings. The molecular formula is C15H20N2O3. The predicted octanol–water partition coefficient (Wildman–Crippen LogP) is 1.38. The zero-order chi connectivity index (χ0) is 14.2. The lowest BCUT2D eigenvalue weighted by atomic mass is 9.82. The predicted molar refractivity (Wildman–Crippen MR) is 75.1 cm³/mol. The molecule has 2 saturated heterocycles. The van der Waals surface area contributed by atoms with Gasteiger partial charge in [-0.05, 0) is 19.1 Å². The van der Waals surface area contributed by atoms with Crippen molar-refractivity contribution >= 4 is 11.6 Å². The molecule has 0 saturated carbocycles. The average Bonchev–Trinajstić information content (AvgIpc) is 2.96. The lowest BCUT2D eigenvalue weighted by Gasteiger charge is -2.26. The Kier molecular flexibility index (Phi) is 3.48. The number of hydrogen-bond donors (Lipinski definition) is 0. The molecule has 0 aromatic carbocycles. The van der Waals surface area contributed by atoms with Crippen LogP contribution >= 0.6 is 0 Å². The molecule has 5 nitrogen and oxygen atoms in total. The van der Waals surface area contributed by atoms with Crippen molar-refractivity contribution in [2.24, 2.45) is 11.3 Å². The molecule has 108 valence electrons. The third-order valence-corrected chi connectivity index (χ3v) is 4.43. The van der Waals surface area contributed by atoms with E-state index in [1.54, 1.807) is 20.2 Å². The molecule has 0 aliphatic carbocycles. The molecule has 2 aliphatic rings. The highest BCUT2D eigenvalue weighted by atomic mass is 16.5. The van der Waals surface area contributed by atoms with Crippen LogP contribution in [-0.4, -0.2) is 50.8 Å². The van der Waals surface area contributed by atoms with Crippen LogP contribution in [0.25, 0.3) is 0 Å². The van der Waals surface area contributed by atoms with Gasteiger partial charge in [-0.2, -0.15) is 0 Å². The molecule has 1 aromatic heterocycles. The number of methoxy groups -OCH3 is 1. The summed E-state index contributed by atoms with van der Waals surface area (Å²) >= 11 is 0. The van der Waals surface area contributed by atoms with Gasteiger partial charge >= 0.3 is 0 Å². The lowest BCUT2D eigenvalue weighted by Crippen LogP contribution is -2.35. The number of carbonyl (C=O) groups is 1. The second kappa shape index (κ2) is 5.14. The van der Waals surface area contributed by atoms with Gasteiger partial charge in [0.25, 0.3) is 0 Å². The fraction of sp³-hybridized carbons (Fsp3) is 0.600. The first-order valence-electron chi connectivity index (χ1n) is 6.93. The van der Waals surface area contributed by atoms with E-state index in [1.165, 1.54) is 0 Å². The highest BCUT2D eigenvalue weighted by Gasteiger charge is 2.51. The smallest absolute Gasteiger partial charge is 0.161 e. The number of anilines is 1. The zero-order valence-corrected chi connectivity index (χ0v) is 12.0. The molecule has 2 fully saturated rings. The number of aromatic nitrogens is 1. The van der Waals surface area contributed by atoms with E-state index in [1.807, 2.05) is 12.1 Å². The number of carbonyl (C=O) groups excluding carboxylic acids is 1. The second-order valence-corrected chi connectivity index (χ2v) is 5.85. The van der Waals surface area contributed by atoms with E-state index < -0.39 is 0 Å². The normalized spacial score (nSPS) is 28.7. The SMILES string of the molecule is COC[C@@]12COC[C@@H]1CN(c1ccc(C(C)=O)cn1)C2. The zero-order valence-electron chi connectivity index (χ0n) is 12.0. The largest absolute Gasteiger partial charge is 0.384 e. The molecule has 0 N–H and O–H groups in total. The van der Waals surface area contributed by atoms with Gasteiger partial charge in [0.1, 0.15) is 5.82 Å². The van der Waals surface area contributed by atoms with Gasteiger partial charge in [-0.25, -0.2) is 4.98 Å². The summed E-state index contributed by atoms with van der Waals surface area (Å²) in [6.07, 6.45) is 1.66. The van der Waals surface area contributed by atoms with Crippen molar-refractivity contribution in [2.75, 3.05) is 44.9 Å². The molecule has 0 amide bonds. The molecule has 0 radical (unpaired) electrons. The van der Waals surface area contributed by atoms with Crippen LogP contribution in [0.3, 0.4) is 0 Å². The van der Waals surface area contributed by atoms with Crippen LogP contribution in [-0.2, 0) is 9.47 Å². The topological polar surface area (TPSA) is 51.7 Å². The van der Waals surface area contributed by atoms with Gasteiger partial charge in [0.2, 0.25) is 0 Å². The van der Waals surface area contributed by atoms with E-state index in [0.29, 0.717) is 11.5 Å². The van der Waals surface area contributed by atoms with Crippen molar-refractivity contribution in [1.82, 2.24) is 4.98 Å². The van der Waals surface area contributed by atoms with Gasteiger partial charge in [0.05, 0.1) is 19.8 Å². The van der Waals surface area contributed by atoms with E-state index in [9.17, 15) is 4.79 Å². The molecule has 0 unspecified atom stereocenters. The van der Waals surface area contributed by atoms with Crippen molar-refractivity contribution in [3.8, 4) is 0 Å². The third kappa shape index (κ3) is 2.21. The molecule has 3 heterocycles. The highest BCUT2D eigenvalue weighted by Crippen LogP contribution is 2.42. The van der Waals surface area contributed by atoms with Crippen molar-refractivity contribution in [3.05, 3.63) is 23.9 Å². The van der Waals surface area contributed by atoms with Crippen molar-refractivity contribution in [2.45, 2.75) is 6.92 Å². The minimum Gasteiger partial charge on any atom is -0.384 e. The molecular weight excluding hydrogens is 256 g/mol. The van der Waals surface area contributed by atoms with Crippen LogP contribution < -0.4 is 4.90 Å². The summed E-state index contributed by atoms with van der Waals surface area (Å²) in [5.41, 5.74) is 0.749. The summed E-state index contributed by atoms with van der Waals surface area (Å²) in [5.74, 6) is 1.48. The monoisotopic (exact) mass is 276 g/mol. The van der Waals surface area contributed by atoms with Crippen LogP contribution in [0.2, 0.25) is 0 Å². The quantitative estimate of drug-likeness (QED) is 0.778. The van der Waals surface area contributed by atoms with Crippen molar-refractivity contribution in [3.63, 3.8) is 0 Å².